The largest absolute Gasteiger partial charge is 0.395 e. The van der Waals surface area contributed by atoms with Gasteiger partial charge in [0.2, 0.25) is 0 Å². The molecule has 0 aliphatic heterocycles. The van der Waals surface area contributed by atoms with Gasteiger partial charge in [0.15, 0.2) is 0 Å². The Labute approximate surface area is 103 Å². The number of hydrogen-bond acceptors (Lipinski definition) is 3. The maximum Gasteiger partial charge on any atom is 0.0568 e. The summed E-state index contributed by atoms with van der Waals surface area (Å²) in [6.45, 7) is 2.16. The average Bonchev–Trinajstić information content (AvgIpc) is 2.27. The Hall–Kier alpha value is -0.0300. The first-order valence-corrected chi connectivity index (χ1v) is 6.63. The second-order valence-electron chi connectivity index (χ2n) is 3.36. The Morgan fingerprint density at radius 2 is 2.00 bits per heavy atom. The molecule has 2 unspecified atom stereocenters. The number of aliphatic hydroxyl groups is 1. The molecule has 0 heterocycles. The van der Waals surface area contributed by atoms with E-state index in [1.807, 2.05) is 31.2 Å². The Bertz CT molecular complexity index is 291. The van der Waals surface area contributed by atoms with Gasteiger partial charge in [0.25, 0.3) is 0 Å². The molecule has 2 atom stereocenters. The summed E-state index contributed by atoms with van der Waals surface area (Å²) < 4.78 is 1.06. The smallest absolute Gasteiger partial charge is 0.0568 e. The summed E-state index contributed by atoms with van der Waals surface area (Å²) in [6.07, 6.45) is 0.884. The van der Waals surface area contributed by atoms with E-state index in [0.717, 1.165) is 15.8 Å². The lowest BCUT2D eigenvalue weighted by Gasteiger charge is -2.19. The van der Waals surface area contributed by atoms with Crippen molar-refractivity contribution in [3.8, 4) is 0 Å². The lowest BCUT2D eigenvalue weighted by atomic mass is 10.2. The van der Waals surface area contributed by atoms with E-state index in [2.05, 4.69) is 15.9 Å². The minimum Gasteiger partial charge on any atom is -0.395 e. The molecule has 0 aliphatic rings. The molecule has 2 nitrogen and oxygen atoms in total. The van der Waals surface area contributed by atoms with Crippen LogP contribution in [0.4, 0.5) is 0 Å². The molecule has 84 valence electrons. The summed E-state index contributed by atoms with van der Waals surface area (Å²) in [7, 11) is 0. The summed E-state index contributed by atoms with van der Waals surface area (Å²) >= 11 is 5.02. The molecule has 1 aromatic carbocycles. The summed E-state index contributed by atoms with van der Waals surface area (Å²) in [5.74, 6) is 0. The molecule has 0 spiro atoms. The van der Waals surface area contributed by atoms with Gasteiger partial charge in [-0.15, -0.1) is 11.8 Å². The van der Waals surface area contributed by atoms with E-state index in [4.69, 9.17) is 5.73 Å². The third kappa shape index (κ3) is 4.15. The van der Waals surface area contributed by atoms with Crippen molar-refractivity contribution in [2.24, 2.45) is 5.73 Å². The third-order valence-corrected chi connectivity index (χ3v) is 4.10. The highest BCUT2D eigenvalue weighted by molar-refractivity contribution is 9.10. The van der Waals surface area contributed by atoms with Crippen LogP contribution in [-0.4, -0.2) is 23.0 Å². The molecule has 0 aliphatic carbocycles. The van der Waals surface area contributed by atoms with Crippen molar-refractivity contribution in [1.82, 2.24) is 0 Å². The first-order valence-electron chi connectivity index (χ1n) is 4.96. The van der Waals surface area contributed by atoms with Gasteiger partial charge in [-0.1, -0.05) is 22.9 Å². The van der Waals surface area contributed by atoms with Crippen LogP contribution in [0.25, 0.3) is 0 Å². The third-order valence-electron chi connectivity index (χ3n) is 2.23. The average molecular weight is 290 g/mol. The van der Waals surface area contributed by atoms with Crippen molar-refractivity contribution in [1.29, 1.82) is 0 Å². The van der Waals surface area contributed by atoms with Crippen molar-refractivity contribution in [3.63, 3.8) is 0 Å². The monoisotopic (exact) mass is 289 g/mol. The van der Waals surface area contributed by atoms with Gasteiger partial charge in [0.1, 0.15) is 0 Å². The normalized spacial score (nSPS) is 14.9. The Morgan fingerprint density at radius 3 is 2.47 bits per heavy atom. The Balaban J connectivity index is 2.62. The van der Waals surface area contributed by atoms with Crippen LogP contribution in [0.1, 0.15) is 13.3 Å². The molecule has 0 saturated heterocycles. The SMILES string of the molecule is CCC(N)C(CO)Sc1ccc(Br)cc1. The number of thioether (sulfide) groups is 1. The van der Waals surface area contributed by atoms with Crippen LogP contribution in [-0.2, 0) is 0 Å². The molecule has 0 aromatic heterocycles. The van der Waals surface area contributed by atoms with Crippen molar-refractivity contribution in [2.45, 2.75) is 29.5 Å². The van der Waals surface area contributed by atoms with Gasteiger partial charge in [0, 0.05) is 20.7 Å². The predicted molar refractivity (Wildman–Crippen MR) is 69.1 cm³/mol. The second kappa shape index (κ2) is 6.53. The van der Waals surface area contributed by atoms with Gasteiger partial charge in [-0.25, -0.2) is 0 Å². The highest BCUT2D eigenvalue weighted by atomic mass is 79.9. The molecule has 0 fully saturated rings. The molecular formula is C11H16BrNOS. The number of halogens is 1. The molecule has 0 saturated carbocycles. The van der Waals surface area contributed by atoms with Gasteiger partial charge in [-0.05, 0) is 30.7 Å². The molecule has 3 N–H and O–H groups in total. The number of rotatable bonds is 5. The van der Waals surface area contributed by atoms with Gasteiger partial charge in [-0.2, -0.15) is 0 Å². The molecular weight excluding hydrogens is 274 g/mol. The van der Waals surface area contributed by atoms with Gasteiger partial charge in [-0.3, -0.25) is 0 Å². The van der Waals surface area contributed by atoms with Crippen LogP contribution in [0.5, 0.6) is 0 Å². The minimum atomic E-state index is 0.0450. The van der Waals surface area contributed by atoms with Crippen molar-refractivity contribution in [3.05, 3.63) is 28.7 Å². The van der Waals surface area contributed by atoms with Crippen molar-refractivity contribution in [2.75, 3.05) is 6.61 Å². The number of benzene rings is 1. The zero-order chi connectivity index (χ0) is 11.3. The topological polar surface area (TPSA) is 46.2 Å². The summed E-state index contributed by atoms with van der Waals surface area (Å²) in [6, 6.07) is 8.09. The molecule has 0 radical (unpaired) electrons. The van der Waals surface area contributed by atoms with E-state index in [9.17, 15) is 5.11 Å². The predicted octanol–water partition coefficient (Wildman–Crippen LogP) is 2.64. The molecule has 15 heavy (non-hydrogen) atoms. The minimum absolute atomic E-state index is 0.0450. The number of nitrogens with two attached hydrogens (primary N) is 1. The van der Waals surface area contributed by atoms with E-state index >= 15 is 0 Å². The maximum atomic E-state index is 9.23. The number of aliphatic hydroxyl groups excluding tert-OH is 1. The van der Waals surface area contributed by atoms with Crippen LogP contribution in [0.3, 0.4) is 0 Å². The van der Waals surface area contributed by atoms with E-state index in [0.29, 0.717) is 0 Å². The van der Waals surface area contributed by atoms with Gasteiger partial charge in [0.05, 0.1) is 6.61 Å². The lowest BCUT2D eigenvalue weighted by Crippen LogP contribution is -2.34. The summed E-state index contributed by atoms with van der Waals surface area (Å²) in [4.78, 5) is 1.14. The quantitative estimate of drug-likeness (QED) is 0.820. The fourth-order valence-corrected chi connectivity index (χ4v) is 2.56. The highest BCUT2D eigenvalue weighted by Gasteiger charge is 2.16. The first-order chi connectivity index (χ1) is 7.17. The zero-order valence-corrected chi connectivity index (χ0v) is 11.1. The van der Waals surface area contributed by atoms with Crippen molar-refractivity contribution >= 4 is 27.7 Å². The molecule has 4 heteroatoms. The Morgan fingerprint density at radius 1 is 1.40 bits per heavy atom. The van der Waals surface area contributed by atoms with E-state index in [1.54, 1.807) is 11.8 Å². The summed E-state index contributed by atoms with van der Waals surface area (Å²) in [5, 5.41) is 9.31. The maximum absolute atomic E-state index is 9.23. The zero-order valence-electron chi connectivity index (χ0n) is 8.69. The van der Waals surface area contributed by atoms with Crippen LogP contribution in [0.2, 0.25) is 0 Å². The molecule has 0 bridgehead atoms. The lowest BCUT2D eigenvalue weighted by molar-refractivity contribution is 0.281. The summed E-state index contributed by atoms with van der Waals surface area (Å²) in [5.41, 5.74) is 5.92. The fraction of sp³-hybridized carbons (Fsp3) is 0.455. The van der Waals surface area contributed by atoms with E-state index in [-0.39, 0.29) is 17.9 Å². The first kappa shape index (κ1) is 13.0. The van der Waals surface area contributed by atoms with Gasteiger partial charge < -0.3 is 10.8 Å². The van der Waals surface area contributed by atoms with E-state index in [1.165, 1.54) is 0 Å². The molecule has 1 rings (SSSR count). The van der Waals surface area contributed by atoms with Crippen LogP contribution in [0.15, 0.2) is 33.6 Å². The van der Waals surface area contributed by atoms with Crippen LogP contribution >= 0.6 is 27.7 Å². The fourth-order valence-electron chi connectivity index (χ4n) is 1.21. The van der Waals surface area contributed by atoms with Crippen LogP contribution < -0.4 is 5.73 Å². The molecule has 0 amide bonds. The van der Waals surface area contributed by atoms with Crippen molar-refractivity contribution < 1.29 is 5.11 Å². The van der Waals surface area contributed by atoms with Gasteiger partial charge >= 0.3 is 0 Å². The number of hydrogen-bond donors (Lipinski definition) is 2. The second-order valence-corrected chi connectivity index (χ2v) is 5.59. The standard InChI is InChI=1S/C11H16BrNOS/c1-2-10(13)11(7-14)15-9-5-3-8(12)4-6-9/h3-6,10-11,14H,2,7,13H2,1H3. The Kier molecular flexibility index (Phi) is 5.68. The van der Waals surface area contributed by atoms with Crippen LogP contribution in [0, 0.1) is 0 Å². The van der Waals surface area contributed by atoms with E-state index < -0.39 is 0 Å². The highest BCUT2D eigenvalue weighted by Crippen LogP contribution is 2.26. The molecule has 1 aromatic rings.